The first-order valence-electron chi connectivity index (χ1n) is 7.50. The molecule has 150 valence electrons. The molecule has 2 amide bonds. The third-order valence-electron chi connectivity index (χ3n) is 3.78. The number of amides is 2. The molecule has 12 heteroatoms. The van der Waals surface area contributed by atoms with Gasteiger partial charge in [-0.3, -0.25) is 10.1 Å². The lowest BCUT2D eigenvalue weighted by molar-refractivity contribution is -0.384. The fourth-order valence-electron chi connectivity index (χ4n) is 2.22. The van der Waals surface area contributed by atoms with Crippen molar-refractivity contribution in [1.29, 1.82) is 0 Å². The zero-order chi connectivity index (χ0) is 21.3. The molecular formula is C16H13ClF4N4O3. The number of carbonyl (C=O) groups is 1. The standard InChI is InChI=1S/C16H13ClF4N4O3/c1-15(22,16(19,20)21)10-6-8(18)2-5-12(10)24-14(26)23-9-3-4-11(17)13(7-9)25(27)28/h2-7H,22H2,1H3,(H2,23,24,26). The predicted octanol–water partition coefficient (Wildman–Crippen LogP) is 4.77. The number of alkyl halides is 3. The van der Waals surface area contributed by atoms with Crippen LogP contribution in [0.25, 0.3) is 0 Å². The molecule has 0 aliphatic heterocycles. The molecule has 4 N–H and O–H groups in total. The molecule has 0 aromatic heterocycles. The van der Waals surface area contributed by atoms with Gasteiger partial charge in [0.15, 0.2) is 0 Å². The summed E-state index contributed by atoms with van der Waals surface area (Å²) in [7, 11) is 0. The summed E-state index contributed by atoms with van der Waals surface area (Å²) in [5, 5.41) is 15.0. The Labute approximate surface area is 160 Å². The van der Waals surface area contributed by atoms with Crippen molar-refractivity contribution in [3.8, 4) is 0 Å². The molecule has 0 aliphatic rings. The van der Waals surface area contributed by atoms with Crippen LogP contribution in [-0.2, 0) is 5.54 Å². The maximum Gasteiger partial charge on any atom is 0.410 e. The van der Waals surface area contributed by atoms with E-state index in [0.29, 0.717) is 13.0 Å². The van der Waals surface area contributed by atoms with E-state index in [2.05, 4.69) is 10.6 Å². The fraction of sp³-hybridized carbons (Fsp3) is 0.188. The minimum atomic E-state index is -4.93. The Hall–Kier alpha value is -2.92. The van der Waals surface area contributed by atoms with E-state index in [1.807, 2.05) is 0 Å². The predicted molar refractivity (Wildman–Crippen MR) is 94.7 cm³/mol. The van der Waals surface area contributed by atoms with Crippen LogP contribution in [0, 0.1) is 15.9 Å². The van der Waals surface area contributed by atoms with Crippen LogP contribution in [0.5, 0.6) is 0 Å². The van der Waals surface area contributed by atoms with Gasteiger partial charge in [0.2, 0.25) is 0 Å². The van der Waals surface area contributed by atoms with Crippen molar-refractivity contribution in [2.24, 2.45) is 5.73 Å². The number of urea groups is 1. The van der Waals surface area contributed by atoms with Crippen LogP contribution in [0.1, 0.15) is 12.5 Å². The van der Waals surface area contributed by atoms with E-state index < -0.39 is 39.7 Å². The molecule has 7 nitrogen and oxygen atoms in total. The lowest BCUT2D eigenvalue weighted by Crippen LogP contribution is -2.48. The third-order valence-corrected chi connectivity index (χ3v) is 4.10. The lowest BCUT2D eigenvalue weighted by Gasteiger charge is -2.30. The van der Waals surface area contributed by atoms with Gasteiger partial charge in [0.05, 0.1) is 4.92 Å². The number of carbonyl (C=O) groups excluding carboxylic acids is 1. The van der Waals surface area contributed by atoms with E-state index in [0.717, 1.165) is 18.2 Å². The summed E-state index contributed by atoms with van der Waals surface area (Å²) in [6.07, 6.45) is -4.93. The van der Waals surface area contributed by atoms with E-state index in [1.165, 1.54) is 12.1 Å². The molecule has 0 aliphatic carbocycles. The Bertz CT molecular complexity index is 935. The van der Waals surface area contributed by atoms with Crippen molar-refractivity contribution in [1.82, 2.24) is 0 Å². The van der Waals surface area contributed by atoms with Gasteiger partial charge in [-0.25, -0.2) is 9.18 Å². The second-order valence-corrected chi connectivity index (χ2v) is 6.30. The number of benzene rings is 2. The number of nitrogens with two attached hydrogens (primary N) is 1. The zero-order valence-electron chi connectivity index (χ0n) is 14.1. The number of hydrogen-bond donors (Lipinski definition) is 3. The molecule has 0 fully saturated rings. The number of nitro groups is 1. The van der Waals surface area contributed by atoms with Gasteiger partial charge in [0.25, 0.3) is 5.69 Å². The Kier molecular flexibility index (Phi) is 5.80. The second kappa shape index (κ2) is 7.60. The van der Waals surface area contributed by atoms with E-state index in [-0.39, 0.29) is 16.4 Å². The van der Waals surface area contributed by atoms with Crippen molar-refractivity contribution in [2.45, 2.75) is 18.6 Å². The van der Waals surface area contributed by atoms with E-state index in [4.69, 9.17) is 17.3 Å². The minimum Gasteiger partial charge on any atom is -0.314 e. The van der Waals surface area contributed by atoms with E-state index in [9.17, 15) is 32.5 Å². The van der Waals surface area contributed by atoms with Gasteiger partial charge in [-0.05, 0) is 37.3 Å². The van der Waals surface area contributed by atoms with Gasteiger partial charge in [0.1, 0.15) is 16.4 Å². The number of nitrogens with one attached hydrogen (secondary N) is 2. The van der Waals surface area contributed by atoms with Crippen LogP contribution in [0.15, 0.2) is 36.4 Å². The number of nitrogens with zero attached hydrogens (tertiary/aromatic N) is 1. The van der Waals surface area contributed by atoms with Gasteiger partial charge >= 0.3 is 12.2 Å². The van der Waals surface area contributed by atoms with E-state index in [1.54, 1.807) is 0 Å². The SMILES string of the molecule is CC(N)(c1cc(F)ccc1NC(=O)Nc1ccc(Cl)c([N+](=O)[O-])c1)C(F)(F)F. The highest BCUT2D eigenvalue weighted by atomic mass is 35.5. The van der Waals surface area contributed by atoms with Crippen LogP contribution >= 0.6 is 11.6 Å². The van der Waals surface area contributed by atoms with Crippen LogP contribution in [0.3, 0.4) is 0 Å². The first-order valence-corrected chi connectivity index (χ1v) is 7.88. The summed E-state index contributed by atoms with van der Waals surface area (Å²) in [6, 6.07) is 4.70. The fourth-order valence-corrected chi connectivity index (χ4v) is 2.41. The maximum absolute atomic E-state index is 13.5. The summed E-state index contributed by atoms with van der Waals surface area (Å²) in [4.78, 5) is 22.2. The average Bonchev–Trinajstić information content (AvgIpc) is 2.56. The molecule has 0 saturated heterocycles. The normalized spacial score (nSPS) is 13.5. The summed E-state index contributed by atoms with van der Waals surface area (Å²) in [5.41, 5.74) is 0.784. The van der Waals surface area contributed by atoms with Crippen molar-refractivity contribution >= 4 is 34.7 Å². The van der Waals surface area contributed by atoms with E-state index >= 15 is 0 Å². The number of hydrogen-bond acceptors (Lipinski definition) is 4. The largest absolute Gasteiger partial charge is 0.410 e. The van der Waals surface area contributed by atoms with Crippen molar-refractivity contribution < 1.29 is 27.3 Å². The van der Waals surface area contributed by atoms with Crippen LogP contribution in [0.4, 0.5) is 39.4 Å². The molecule has 0 radical (unpaired) electrons. The number of nitro benzene ring substituents is 1. The van der Waals surface area contributed by atoms with Crippen LogP contribution < -0.4 is 16.4 Å². The molecule has 0 bridgehead atoms. The molecule has 0 spiro atoms. The average molecular weight is 421 g/mol. The molecule has 2 aromatic carbocycles. The van der Waals surface area contributed by atoms with Gasteiger partial charge < -0.3 is 16.4 Å². The molecule has 2 rings (SSSR count). The van der Waals surface area contributed by atoms with Gasteiger partial charge in [0, 0.05) is 23.0 Å². The Morgan fingerprint density at radius 2 is 1.82 bits per heavy atom. The maximum atomic E-state index is 13.5. The Balaban J connectivity index is 2.30. The highest BCUT2D eigenvalue weighted by molar-refractivity contribution is 6.32. The molecule has 1 unspecified atom stereocenters. The molecule has 2 aromatic rings. The molecule has 28 heavy (non-hydrogen) atoms. The monoisotopic (exact) mass is 420 g/mol. The number of rotatable bonds is 4. The van der Waals surface area contributed by atoms with Crippen LogP contribution in [-0.4, -0.2) is 17.1 Å². The summed E-state index contributed by atoms with van der Waals surface area (Å²) >= 11 is 5.66. The first-order chi connectivity index (χ1) is 12.8. The first kappa shape index (κ1) is 21.4. The highest BCUT2D eigenvalue weighted by Gasteiger charge is 2.50. The quantitative estimate of drug-likeness (QED) is 0.376. The van der Waals surface area contributed by atoms with Gasteiger partial charge in [-0.15, -0.1) is 0 Å². The van der Waals surface area contributed by atoms with Crippen LogP contribution in [0.2, 0.25) is 5.02 Å². The zero-order valence-corrected chi connectivity index (χ0v) is 14.9. The second-order valence-electron chi connectivity index (χ2n) is 5.89. The molecule has 0 heterocycles. The minimum absolute atomic E-state index is 0.0383. The summed E-state index contributed by atoms with van der Waals surface area (Å²) in [6.45, 7) is 0.632. The number of anilines is 2. The van der Waals surface area contributed by atoms with Gasteiger partial charge in [-0.1, -0.05) is 11.6 Å². The highest BCUT2D eigenvalue weighted by Crippen LogP contribution is 2.40. The lowest BCUT2D eigenvalue weighted by atomic mass is 9.90. The topological polar surface area (TPSA) is 110 Å². The van der Waals surface area contributed by atoms with Crippen molar-refractivity contribution in [2.75, 3.05) is 10.6 Å². The molecule has 0 saturated carbocycles. The van der Waals surface area contributed by atoms with Gasteiger partial charge in [-0.2, -0.15) is 13.2 Å². The Morgan fingerprint density at radius 3 is 2.39 bits per heavy atom. The smallest absolute Gasteiger partial charge is 0.314 e. The Morgan fingerprint density at radius 1 is 1.18 bits per heavy atom. The van der Waals surface area contributed by atoms with Crippen molar-refractivity contribution in [3.63, 3.8) is 0 Å². The molecular weight excluding hydrogens is 408 g/mol. The molecule has 1 atom stereocenters. The summed E-state index contributed by atoms with van der Waals surface area (Å²) < 4.78 is 53.1. The summed E-state index contributed by atoms with van der Waals surface area (Å²) in [5.74, 6) is -0.977. The number of halogens is 5. The third kappa shape index (κ3) is 4.49. The van der Waals surface area contributed by atoms with Crippen molar-refractivity contribution in [3.05, 3.63) is 62.9 Å².